The molecule has 0 saturated carbocycles. The highest BCUT2D eigenvalue weighted by atomic mass is 32.2. The number of hydrogen-bond acceptors (Lipinski definition) is 13. The van der Waals surface area contributed by atoms with Crippen molar-refractivity contribution in [1.82, 2.24) is 25.3 Å². The van der Waals surface area contributed by atoms with Crippen LogP contribution in [0.5, 0.6) is 11.5 Å². The number of ether oxygens (including phenoxy) is 2. The van der Waals surface area contributed by atoms with E-state index in [2.05, 4.69) is 38.4 Å². The number of fused-ring (bicyclic) bond motifs is 1. The minimum Gasteiger partial charge on any atom is -0.491 e. The summed E-state index contributed by atoms with van der Waals surface area (Å²) in [5.41, 5.74) is 2.59. The summed E-state index contributed by atoms with van der Waals surface area (Å²) in [6, 6.07) is 18.4. The van der Waals surface area contributed by atoms with E-state index in [-0.39, 0.29) is 25.0 Å². The lowest BCUT2D eigenvalue weighted by molar-refractivity contribution is -0.128. The van der Waals surface area contributed by atoms with Gasteiger partial charge in [0.25, 0.3) is 0 Å². The topological polar surface area (TPSA) is 147 Å². The van der Waals surface area contributed by atoms with Gasteiger partial charge in [0.2, 0.25) is 5.91 Å². The Kier molecular flexibility index (Phi) is 11.9. The zero-order valence-electron chi connectivity index (χ0n) is 25.5. The molecule has 0 aliphatic rings. The van der Waals surface area contributed by atoms with Crippen LogP contribution in [0, 0.1) is 10.8 Å². The van der Waals surface area contributed by atoms with E-state index in [1.54, 1.807) is 42.6 Å². The number of amides is 1. The van der Waals surface area contributed by atoms with Crippen molar-refractivity contribution < 1.29 is 23.2 Å². The number of rotatable bonds is 17. The molecule has 0 spiro atoms. The molecule has 0 aliphatic heterocycles. The van der Waals surface area contributed by atoms with Crippen molar-refractivity contribution in [3.8, 4) is 11.5 Å². The number of nitrogens with zero attached hydrogens (tertiary/aromatic N) is 5. The lowest BCUT2D eigenvalue weighted by Gasteiger charge is -2.22. The number of thiol groups is 1. The molecule has 2 aromatic heterocycles. The van der Waals surface area contributed by atoms with Gasteiger partial charge in [-0.05, 0) is 65.5 Å². The molecule has 47 heavy (non-hydrogen) atoms. The predicted molar refractivity (Wildman–Crippen MR) is 182 cm³/mol. The Bertz CT molecular complexity index is 1810. The Morgan fingerprint density at radius 1 is 1.09 bits per heavy atom. The van der Waals surface area contributed by atoms with Crippen molar-refractivity contribution >= 4 is 64.1 Å². The maximum absolute atomic E-state index is 13.4. The van der Waals surface area contributed by atoms with Crippen LogP contribution >= 0.6 is 36.0 Å². The van der Waals surface area contributed by atoms with Crippen LogP contribution in [0.25, 0.3) is 10.2 Å². The average molecular weight is 693 g/mol. The smallest absolute Gasteiger partial charge is 0.245 e. The Hall–Kier alpha value is -4.31. The molecular weight excluding hydrogens is 661 g/mol. The van der Waals surface area contributed by atoms with Gasteiger partial charge < -0.3 is 23.8 Å². The number of aldehydes is 1. The van der Waals surface area contributed by atoms with Gasteiger partial charge in [0.05, 0.1) is 34.0 Å². The van der Waals surface area contributed by atoms with Crippen LogP contribution in [0.3, 0.4) is 0 Å². The van der Waals surface area contributed by atoms with Crippen LogP contribution in [-0.4, -0.2) is 51.4 Å². The maximum Gasteiger partial charge on any atom is 0.245 e. The van der Waals surface area contributed by atoms with E-state index in [9.17, 15) is 14.5 Å². The molecule has 244 valence electrons. The molecule has 1 amide bonds. The fraction of sp³-hybridized carbons (Fsp3) is 0.281. The summed E-state index contributed by atoms with van der Waals surface area (Å²) in [6.07, 6.45) is 2.71. The summed E-state index contributed by atoms with van der Waals surface area (Å²) in [5, 5.41) is 14.2. The zero-order valence-corrected chi connectivity index (χ0v) is 28.0. The van der Waals surface area contributed by atoms with E-state index >= 15 is 0 Å². The third-order valence-electron chi connectivity index (χ3n) is 6.90. The van der Waals surface area contributed by atoms with Crippen LogP contribution < -0.4 is 14.8 Å². The summed E-state index contributed by atoms with van der Waals surface area (Å²) in [5.74, 6) is 0.829. The van der Waals surface area contributed by atoms with Crippen LogP contribution in [-0.2, 0) is 26.8 Å². The Balaban J connectivity index is 1.09. The van der Waals surface area contributed by atoms with Gasteiger partial charge in [-0.2, -0.15) is 0 Å². The van der Waals surface area contributed by atoms with Gasteiger partial charge in [-0.25, -0.2) is 9.67 Å². The minimum atomic E-state index is -0.740. The second-order valence-electron chi connectivity index (χ2n) is 10.7. The monoisotopic (exact) mass is 692 g/mol. The van der Waals surface area contributed by atoms with Crippen LogP contribution in [0.1, 0.15) is 31.1 Å². The Morgan fingerprint density at radius 3 is 2.64 bits per heavy atom. The summed E-state index contributed by atoms with van der Waals surface area (Å²) in [4.78, 5) is 41.2. The van der Waals surface area contributed by atoms with Gasteiger partial charge in [-0.15, -0.1) is 34.0 Å². The maximum atomic E-state index is 13.4. The van der Waals surface area contributed by atoms with Crippen LogP contribution in [0.15, 0.2) is 87.3 Å². The molecule has 0 fully saturated rings. The summed E-state index contributed by atoms with van der Waals surface area (Å²) < 4.78 is 20.3. The van der Waals surface area contributed by atoms with Crippen molar-refractivity contribution in [1.29, 1.82) is 0 Å². The van der Waals surface area contributed by atoms with Crippen LogP contribution in [0.4, 0.5) is 5.69 Å². The standard InChI is InChI=1S/C32H32N6O6S3/c1-20(2)30(38-17-23(35-37-38)19-43-25-11-12-26-29(16-25)46-32(45)34-26)31(40)33-22(18-39)15-21-7-9-24(10-8-21)42-13-14-44-47-28-6-4-3-5-27(28)36-41/h3-12,16-18,20,22,30H,13-15,19H2,1-2H3,(H,33,40)(H,34,45)/t22-,30-/m0/s1. The predicted octanol–water partition coefficient (Wildman–Crippen LogP) is 6.38. The largest absolute Gasteiger partial charge is 0.491 e. The first-order valence-corrected chi connectivity index (χ1v) is 16.7. The summed E-state index contributed by atoms with van der Waals surface area (Å²) in [7, 11) is 0. The van der Waals surface area contributed by atoms with Gasteiger partial charge in [0.15, 0.2) is 0 Å². The van der Waals surface area contributed by atoms with E-state index in [4.69, 9.17) is 13.7 Å². The fourth-order valence-corrected chi connectivity index (χ4v) is 6.40. The minimum absolute atomic E-state index is 0.128. The Morgan fingerprint density at radius 2 is 1.87 bits per heavy atom. The van der Waals surface area contributed by atoms with E-state index in [0.29, 0.717) is 45.1 Å². The normalized spacial score (nSPS) is 12.5. The molecule has 5 aromatic rings. The molecule has 2 heterocycles. The second kappa shape index (κ2) is 16.5. The van der Waals surface area contributed by atoms with Gasteiger partial charge in [-0.1, -0.05) is 43.3 Å². The molecule has 12 nitrogen and oxygen atoms in total. The molecule has 0 unspecified atom stereocenters. The number of carbonyl (C=O) groups excluding carboxylic acids is 2. The van der Waals surface area contributed by atoms with Gasteiger partial charge in [0.1, 0.15) is 52.8 Å². The molecular formula is C32H32N6O6S3. The fourth-order valence-electron chi connectivity index (χ4n) is 4.66. The summed E-state index contributed by atoms with van der Waals surface area (Å²) in [6.45, 7) is 4.56. The van der Waals surface area contributed by atoms with Crippen LogP contribution in [0.2, 0.25) is 0 Å². The first-order chi connectivity index (χ1) is 22.8. The van der Waals surface area contributed by atoms with E-state index in [1.165, 1.54) is 16.0 Å². The molecule has 0 bridgehead atoms. The molecule has 5 rings (SSSR count). The number of benzene rings is 3. The Labute approximate surface area is 284 Å². The number of thiazole rings is 1. The number of nitroso groups, excluding NO2 is 1. The van der Waals surface area contributed by atoms with Crippen molar-refractivity contribution in [2.45, 2.75) is 48.2 Å². The van der Waals surface area contributed by atoms with Crippen molar-refractivity contribution in [2.24, 2.45) is 11.1 Å². The van der Waals surface area contributed by atoms with Gasteiger partial charge in [0, 0.05) is 12.0 Å². The third-order valence-corrected chi connectivity index (χ3v) is 8.90. The highest BCUT2D eigenvalue weighted by Crippen LogP contribution is 2.30. The molecule has 1 N–H and O–H groups in total. The highest BCUT2D eigenvalue weighted by Gasteiger charge is 2.27. The van der Waals surface area contributed by atoms with Crippen molar-refractivity contribution in [3.05, 3.63) is 89.1 Å². The molecule has 0 aliphatic carbocycles. The van der Waals surface area contributed by atoms with E-state index in [1.807, 2.05) is 44.2 Å². The number of hydrogen-bond donors (Lipinski definition) is 2. The first-order valence-electron chi connectivity index (χ1n) is 14.6. The lowest BCUT2D eigenvalue weighted by Crippen LogP contribution is -2.43. The van der Waals surface area contributed by atoms with Crippen molar-refractivity contribution in [3.63, 3.8) is 0 Å². The second-order valence-corrected chi connectivity index (χ2v) is 13.3. The SMILES string of the molecule is CC(C)[C@@H](C(=O)N[C@H](C=O)Cc1ccc(OCCOSc2ccccc2N=O)cc1)n1cc(COc2ccc3nc(S)sc3c2)nn1. The first kappa shape index (κ1) is 34.0. The van der Waals surface area contributed by atoms with E-state index < -0.39 is 12.1 Å². The zero-order chi connectivity index (χ0) is 33.2. The third kappa shape index (κ3) is 9.38. The molecule has 3 aromatic carbocycles. The molecule has 0 saturated heterocycles. The van der Waals surface area contributed by atoms with Crippen molar-refractivity contribution in [2.75, 3.05) is 13.2 Å². The lowest BCUT2D eigenvalue weighted by atomic mass is 10.0. The highest BCUT2D eigenvalue weighted by molar-refractivity contribution is 7.94. The average Bonchev–Trinajstić information content (AvgIpc) is 3.69. The molecule has 2 atom stereocenters. The number of aromatic nitrogens is 4. The molecule has 15 heteroatoms. The van der Waals surface area contributed by atoms with E-state index in [0.717, 1.165) is 34.1 Å². The van der Waals surface area contributed by atoms with Gasteiger partial charge in [-0.3, -0.25) is 4.79 Å². The summed E-state index contributed by atoms with van der Waals surface area (Å²) >= 11 is 6.84. The molecule has 0 radical (unpaired) electrons. The number of carbonyl (C=O) groups is 2. The number of nitrogens with one attached hydrogen (secondary N) is 1. The van der Waals surface area contributed by atoms with Gasteiger partial charge >= 0.3 is 0 Å². The quantitative estimate of drug-likeness (QED) is 0.0370.